The fourth-order valence-corrected chi connectivity index (χ4v) is 3.49. The monoisotopic (exact) mass is 398 g/mol. The number of nitrogens with two attached hydrogens (primary N) is 1. The highest BCUT2D eigenvalue weighted by atomic mass is 35.5. The molecule has 3 rings (SSSR count). The van der Waals surface area contributed by atoms with Crippen molar-refractivity contribution in [3.63, 3.8) is 0 Å². The Kier molecular flexibility index (Phi) is 6.36. The van der Waals surface area contributed by atoms with Gasteiger partial charge in [0, 0.05) is 29.8 Å². The molecule has 0 unspecified atom stereocenters. The molecule has 0 bridgehead atoms. The summed E-state index contributed by atoms with van der Waals surface area (Å²) in [6.07, 6.45) is 1.06. The summed E-state index contributed by atoms with van der Waals surface area (Å²) >= 11 is 13.9. The van der Waals surface area contributed by atoms with Crippen LogP contribution in [0, 0.1) is 0 Å². The third kappa shape index (κ3) is 4.98. The molecule has 6 nitrogen and oxygen atoms in total. The Bertz CT molecular complexity index is 836. The summed E-state index contributed by atoms with van der Waals surface area (Å²) in [5.41, 5.74) is 0.814. The molecule has 0 spiro atoms. The van der Waals surface area contributed by atoms with Crippen LogP contribution in [-0.4, -0.2) is 32.5 Å². The summed E-state index contributed by atoms with van der Waals surface area (Å²) in [5.74, 6) is 2.63. The molecule has 0 aliphatic carbocycles. The van der Waals surface area contributed by atoms with E-state index in [0.717, 1.165) is 47.5 Å². The SMILES string of the molecule is Cn1nnnc1SCCC[NH2+]Cc1ccc(-c2cc(Cl)ccc2Cl)o1. The Labute approximate surface area is 159 Å². The summed E-state index contributed by atoms with van der Waals surface area (Å²) in [4.78, 5) is 0. The van der Waals surface area contributed by atoms with E-state index >= 15 is 0 Å². The maximum absolute atomic E-state index is 6.21. The smallest absolute Gasteiger partial charge is 0.209 e. The van der Waals surface area contributed by atoms with Gasteiger partial charge < -0.3 is 9.73 Å². The van der Waals surface area contributed by atoms with Gasteiger partial charge in [0.05, 0.1) is 11.6 Å². The Balaban J connectivity index is 1.43. The van der Waals surface area contributed by atoms with Crippen molar-refractivity contribution in [3.05, 3.63) is 46.1 Å². The summed E-state index contributed by atoms with van der Waals surface area (Å²) in [6, 6.07) is 9.26. The van der Waals surface area contributed by atoms with Crippen LogP contribution in [0.3, 0.4) is 0 Å². The van der Waals surface area contributed by atoms with Crippen LogP contribution < -0.4 is 5.32 Å². The van der Waals surface area contributed by atoms with E-state index in [-0.39, 0.29) is 0 Å². The Morgan fingerprint density at radius 2 is 2.12 bits per heavy atom. The van der Waals surface area contributed by atoms with Gasteiger partial charge in [0.25, 0.3) is 0 Å². The highest BCUT2D eigenvalue weighted by molar-refractivity contribution is 7.99. The molecule has 0 aliphatic heterocycles. The standard InChI is InChI=1S/C16H17Cl2N5OS/c1-23-16(20-21-22-23)25-8-2-7-19-10-12-4-6-15(24-12)13-9-11(17)3-5-14(13)18/h3-6,9,19H,2,7-8,10H2,1H3/p+1. The van der Waals surface area contributed by atoms with E-state index in [9.17, 15) is 0 Å². The number of halogens is 2. The number of aryl methyl sites for hydroxylation is 1. The van der Waals surface area contributed by atoms with Crippen molar-refractivity contribution in [1.29, 1.82) is 0 Å². The Morgan fingerprint density at radius 3 is 2.92 bits per heavy atom. The predicted molar refractivity (Wildman–Crippen MR) is 98.8 cm³/mol. The molecule has 0 saturated heterocycles. The molecule has 0 saturated carbocycles. The second-order valence-electron chi connectivity index (χ2n) is 5.46. The number of hydrogen-bond acceptors (Lipinski definition) is 5. The zero-order valence-corrected chi connectivity index (χ0v) is 16.0. The topological polar surface area (TPSA) is 73.3 Å². The van der Waals surface area contributed by atoms with E-state index in [0.29, 0.717) is 10.0 Å². The first-order chi connectivity index (χ1) is 12.1. The van der Waals surface area contributed by atoms with Gasteiger partial charge in [-0.3, -0.25) is 0 Å². The van der Waals surface area contributed by atoms with Gasteiger partial charge in [0.2, 0.25) is 5.16 Å². The fraction of sp³-hybridized carbons (Fsp3) is 0.312. The van der Waals surface area contributed by atoms with Crippen LogP contribution in [0.1, 0.15) is 12.2 Å². The molecular formula is C16H18Cl2N5OS+. The average Bonchev–Trinajstić information content (AvgIpc) is 3.22. The number of nitrogens with zero attached hydrogens (tertiary/aromatic N) is 4. The van der Waals surface area contributed by atoms with Crippen molar-refractivity contribution in [1.82, 2.24) is 20.2 Å². The third-order valence-electron chi connectivity index (χ3n) is 3.57. The van der Waals surface area contributed by atoms with E-state index < -0.39 is 0 Å². The molecule has 0 amide bonds. The molecule has 0 aliphatic rings. The van der Waals surface area contributed by atoms with Gasteiger partial charge >= 0.3 is 0 Å². The number of hydrogen-bond donors (Lipinski definition) is 1. The molecule has 132 valence electrons. The Hall–Kier alpha value is -1.54. The van der Waals surface area contributed by atoms with Crippen LogP contribution in [0.4, 0.5) is 0 Å². The van der Waals surface area contributed by atoms with Crippen LogP contribution >= 0.6 is 35.0 Å². The van der Waals surface area contributed by atoms with Gasteiger partial charge in [0.15, 0.2) is 5.76 Å². The van der Waals surface area contributed by atoms with E-state index in [1.807, 2.05) is 25.2 Å². The summed E-state index contributed by atoms with van der Waals surface area (Å²) in [7, 11) is 1.84. The molecule has 3 aromatic rings. The number of quaternary nitrogens is 1. The number of rotatable bonds is 8. The highest BCUT2D eigenvalue weighted by Gasteiger charge is 2.10. The van der Waals surface area contributed by atoms with Crippen LogP contribution in [-0.2, 0) is 13.6 Å². The lowest BCUT2D eigenvalue weighted by Gasteiger charge is -2.02. The predicted octanol–water partition coefficient (Wildman–Crippen LogP) is 3.02. The molecule has 1 aromatic carbocycles. The second kappa shape index (κ2) is 8.71. The molecule has 2 aromatic heterocycles. The second-order valence-corrected chi connectivity index (χ2v) is 7.36. The largest absolute Gasteiger partial charge is 0.455 e. The first-order valence-corrected chi connectivity index (χ1v) is 9.58. The van der Waals surface area contributed by atoms with E-state index in [4.69, 9.17) is 27.6 Å². The van der Waals surface area contributed by atoms with Gasteiger partial charge in [-0.25, -0.2) is 4.68 Å². The average molecular weight is 399 g/mol. The van der Waals surface area contributed by atoms with Crippen molar-refractivity contribution < 1.29 is 9.73 Å². The van der Waals surface area contributed by atoms with Crippen LogP contribution in [0.2, 0.25) is 10.0 Å². The minimum absolute atomic E-state index is 0.629. The molecule has 0 radical (unpaired) electrons. The lowest BCUT2D eigenvalue weighted by Crippen LogP contribution is -2.82. The maximum atomic E-state index is 6.21. The van der Waals surface area contributed by atoms with Gasteiger partial charge in [0.1, 0.15) is 12.3 Å². The zero-order valence-electron chi connectivity index (χ0n) is 13.7. The molecule has 9 heteroatoms. The third-order valence-corrected chi connectivity index (χ3v) is 5.23. The number of thioether (sulfide) groups is 1. The van der Waals surface area contributed by atoms with Crippen LogP contribution in [0.15, 0.2) is 39.9 Å². The first-order valence-electron chi connectivity index (χ1n) is 7.84. The maximum Gasteiger partial charge on any atom is 0.209 e. The molecule has 2 N–H and O–H groups in total. The number of benzene rings is 1. The van der Waals surface area contributed by atoms with Gasteiger partial charge in [-0.05, 0) is 40.8 Å². The van der Waals surface area contributed by atoms with E-state index in [2.05, 4.69) is 20.8 Å². The minimum Gasteiger partial charge on any atom is -0.455 e. The normalized spacial score (nSPS) is 11.2. The lowest BCUT2D eigenvalue weighted by atomic mass is 10.2. The van der Waals surface area contributed by atoms with E-state index in [1.165, 1.54) is 0 Å². The molecule has 25 heavy (non-hydrogen) atoms. The van der Waals surface area contributed by atoms with E-state index in [1.54, 1.807) is 28.6 Å². The first kappa shape index (κ1) is 18.3. The molecular weight excluding hydrogens is 381 g/mol. The number of furan rings is 1. The fourth-order valence-electron chi connectivity index (χ4n) is 2.30. The molecule has 2 heterocycles. The summed E-state index contributed by atoms with van der Waals surface area (Å²) in [5, 5.41) is 15.7. The van der Waals surface area contributed by atoms with Crippen LogP contribution in [0.25, 0.3) is 11.3 Å². The van der Waals surface area contributed by atoms with Crippen molar-refractivity contribution in [2.45, 2.75) is 18.1 Å². The molecule has 0 atom stereocenters. The quantitative estimate of drug-likeness (QED) is 0.466. The van der Waals surface area contributed by atoms with Gasteiger partial charge in [-0.2, -0.15) is 0 Å². The Morgan fingerprint density at radius 1 is 1.24 bits per heavy atom. The summed E-state index contributed by atoms with van der Waals surface area (Å²) in [6.45, 7) is 1.79. The lowest BCUT2D eigenvalue weighted by molar-refractivity contribution is -0.672. The molecule has 0 fully saturated rings. The van der Waals surface area contributed by atoms with Crippen molar-refractivity contribution in [2.24, 2.45) is 7.05 Å². The van der Waals surface area contributed by atoms with Crippen molar-refractivity contribution in [3.8, 4) is 11.3 Å². The summed E-state index contributed by atoms with van der Waals surface area (Å²) < 4.78 is 7.56. The van der Waals surface area contributed by atoms with Gasteiger partial charge in [-0.15, -0.1) is 5.10 Å². The van der Waals surface area contributed by atoms with Crippen molar-refractivity contribution in [2.75, 3.05) is 12.3 Å². The van der Waals surface area contributed by atoms with Crippen molar-refractivity contribution >= 4 is 35.0 Å². The highest BCUT2D eigenvalue weighted by Crippen LogP contribution is 2.31. The van der Waals surface area contributed by atoms with Crippen LogP contribution in [0.5, 0.6) is 0 Å². The number of tetrazole rings is 1. The van der Waals surface area contributed by atoms with Gasteiger partial charge in [-0.1, -0.05) is 35.0 Å². The minimum atomic E-state index is 0.629. The zero-order chi connectivity index (χ0) is 17.6. The number of aromatic nitrogens is 4.